The first kappa shape index (κ1) is 11.9. The van der Waals surface area contributed by atoms with Crippen LogP contribution in [0.1, 0.15) is 25.8 Å². The molecule has 1 aliphatic heterocycles. The molecular weight excluding hydrogens is 216 g/mol. The highest BCUT2D eigenvalue weighted by atomic mass is 16.5. The molecule has 1 saturated heterocycles. The summed E-state index contributed by atoms with van der Waals surface area (Å²) >= 11 is 0. The predicted octanol–water partition coefficient (Wildman–Crippen LogP) is 1.75. The smallest absolute Gasteiger partial charge is 0.227 e. The lowest BCUT2D eigenvalue weighted by Crippen LogP contribution is -2.46. The van der Waals surface area contributed by atoms with Crippen LogP contribution < -0.4 is 5.73 Å². The first-order valence-corrected chi connectivity index (χ1v) is 5.73. The van der Waals surface area contributed by atoms with Gasteiger partial charge in [-0.2, -0.15) is 0 Å². The van der Waals surface area contributed by atoms with E-state index in [9.17, 15) is 4.79 Å². The van der Waals surface area contributed by atoms with Gasteiger partial charge in [0.2, 0.25) is 5.91 Å². The van der Waals surface area contributed by atoms with Crippen molar-refractivity contribution in [3.05, 3.63) is 29.8 Å². The number of nitrogens with two attached hydrogens (primary N) is 1. The minimum absolute atomic E-state index is 0.115. The molecule has 0 aromatic heterocycles. The second kappa shape index (κ2) is 4.37. The van der Waals surface area contributed by atoms with E-state index in [1.165, 1.54) is 0 Å². The molecule has 4 nitrogen and oxygen atoms in total. The molecule has 1 aromatic carbocycles. The van der Waals surface area contributed by atoms with Crippen LogP contribution in [-0.4, -0.2) is 23.1 Å². The number of nitrogen functional groups attached to an aromatic ring is 1. The van der Waals surface area contributed by atoms with Crippen LogP contribution in [0.25, 0.3) is 0 Å². The van der Waals surface area contributed by atoms with E-state index in [0.717, 1.165) is 5.56 Å². The summed E-state index contributed by atoms with van der Waals surface area (Å²) in [5.74, 6) is 0.115. The van der Waals surface area contributed by atoms with Crippen molar-refractivity contribution in [2.75, 3.05) is 12.5 Å². The molecule has 0 aliphatic carbocycles. The molecule has 0 unspecified atom stereocenters. The second-order valence-corrected chi connectivity index (χ2v) is 5.00. The monoisotopic (exact) mass is 234 g/mol. The van der Waals surface area contributed by atoms with Crippen molar-refractivity contribution >= 4 is 11.6 Å². The third kappa shape index (κ3) is 2.77. The van der Waals surface area contributed by atoms with Gasteiger partial charge < -0.3 is 15.4 Å². The largest absolute Gasteiger partial charge is 0.398 e. The van der Waals surface area contributed by atoms with Crippen LogP contribution in [0.3, 0.4) is 0 Å². The molecule has 0 radical (unpaired) electrons. The predicted molar refractivity (Wildman–Crippen MR) is 66.1 cm³/mol. The molecule has 0 saturated carbocycles. The summed E-state index contributed by atoms with van der Waals surface area (Å²) in [4.78, 5) is 13.6. The van der Waals surface area contributed by atoms with Gasteiger partial charge in [-0.05, 0) is 25.5 Å². The average molecular weight is 234 g/mol. The van der Waals surface area contributed by atoms with Crippen LogP contribution >= 0.6 is 0 Å². The van der Waals surface area contributed by atoms with E-state index in [0.29, 0.717) is 25.4 Å². The third-order valence-corrected chi connectivity index (χ3v) is 2.96. The van der Waals surface area contributed by atoms with Gasteiger partial charge in [0.1, 0.15) is 6.73 Å². The van der Waals surface area contributed by atoms with Crippen LogP contribution in [0.5, 0.6) is 0 Å². The molecule has 1 amide bonds. The topological polar surface area (TPSA) is 55.6 Å². The highest BCUT2D eigenvalue weighted by Crippen LogP contribution is 2.24. The van der Waals surface area contributed by atoms with Gasteiger partial charge in [-0.25, -0.2) is 0 Å². The molecule has 17 heavy (non-hydrogen) atoms. The number of carbonyl (C=O) groups is 1. The lowest BCUT2D eigenvalue weighted by atomic mass is 10.0. The molecule has 1 fully saturated rings. The Bertz CT molecular complexity index is 429. The van der Waals surface area contributed by atoms with Gasteiger partial charge in [-0.15, -0.1) is 0 Å². The summed E-state index contributed by atoms with van der Waals surface area (Å²) in [6.45, 7) is 4.71. The molecule has 1 heterocycles. The molecule has 0 spiro atoms. The molecule has 92 valence electrons. The zero-order valence-electron chi connectivity index (χ0n) is 10.3. The van der Waals surface area contributed by atoms with E-state index in [2.05, 4.69) is 0 Å². The Hall–Kier alpha value is -1.55. The number of ether oxygens (including phenoxy) is 1. The molecule has 2 rings (SSSR count). The summed E-state index contributed by atoms with van der Waals surface area (Å²) in [6.07, 6.45) is 0.416. The van der Waals surface area contributed by atoms with Gasteiger partial charge in [-0.3, -0.25) is 4.79 Å². The Morgan fingerprint density at radius 2 is 2.12 bits per heavy atom. The van der Waals surface area contributed by atoms with E-state index >= 15 is 0 Å². The van der Waals surface area contributed by atoms with E-state index < -0.39 is 0 Å². The summed E-state index contributed by atoms with van der Waals surface area (Å²) in [6, 6.07) is 7.58. The number of rotatable bonds is 2. The highest BCUT2D eigenvalue weighted by Gasteiger charge is 2.32. The standard InChI is InChI=1S/C13H18N2O2/c1-13(2)7-12(16)15(9-17-13)8-10-5-3-4-6-11(10)14/h3-6H,7-9,14H2,1-2H3. The molecule has 0 atom stereocenters. The molecule has 1 aliphatic rings. The number of amides is 1. The van der Waals surface area contributed by atoms with Gasteiger partial charge in [0.25, 0.3) is 0 Å². The Kier molecular flexibility index (Phi) is 3.07. The molecule has 0 bridgehead atoms. The highest BCUT2D eigenvalue weighted by molar-refractivity contribution is 5.77. The Morgan fingerprint density at radius 3 is 2.76 bits per heavy atom. The number of para-hydroxylation sites is 1. The molecular formula is C13H18N2O2. The number of nitrogens with zero attached hydrogens (tertiary/aromatic N) is 1. The second-order valence-electron chi connectivity index (χ2n) is 5.00. The van der Waals surface area contributed by atoms with Crippen molar-refractivity contribution in [3.8, 4) is 0 Å². The van der Waals surface area contributed by atoms with Crippen molar-refractivity contribution in [2.24, 2.45) is 0 Å². The normalized spacial score (nSPS) is 19.4. The van der Waals surface area contributed by atoms with Gasteiger partial charge in [0, 0.05) is 12.2 Å². The Labute approximate surface area is 101 Å². The lowest BCUT2D eigenvalue weighted by Gasteiger charge is -2.36. The van der Waals surface area contributed by atoms with Gasteiger partial charge >= 0.3 is 0 Å². The van der Waals surface area contributed by atoms with Crippen molar-refractivity contribution in [2.45, 2.75) is 32.4 Å². The summed E-state index contributed by atoms with van der Waals surface area (Å²) in [5.41, 5.74) is 7.18. The van der Waals surface area contributed by atoms with Crippen LogP contribution in [0.2, 0.25) is 0 Å². The van der Waals surface area contributed by atoms with Gasteiger partial charge in [0.05, 0.1) is 12.0 Å². The number of benzene rings is 1. The van der Waals surface area contributed by atoms with E-state index in [-0.39, 0.29) is 11.5 Å². The first-order chi connectivity index (χ1) is 7.98. The SMILES string of the molecule is CC1(C)CC(=O)N(Cc2ccccc2N)CO1. The first-order valence-electron chi connectivity index (χ1n) is 5.73. The summed E-state index contributed by atoms with van der Waals surface area (Å²) < 4.78 is 5.62. The quantitative estimate of drug-likeness (QED) is 0.793. The zero-order valence-corrected chi connectivity index (χ0v) is 10.3. The summed E-state index contributed by atoms with van der Waals surface area (Å²) in [7, 11) is 0. The third-order valence-electron chi connectivity index (χ3n) is 2.96. The van der Waals surface area contributed by atoms with E-state index in [1.807, 2.05) is 38.1 Å². The number of anilines is 1. The molecule has 4 heteroatoms. The van der Waals surface area contributed by atoms with Crippen LogP contribution in [-0.2, 0) is 16.1 Å². The van der Waals surface area contributed by atoms with Crippen molar-refractivity contribution < 1.29 is 9.53 Å². The Morgan fingerprint density at radius 1 is 1.41 bits per heavy atom. The zero-order chi connectivity index (χ0) is 12.5. The van der Waals surface area contributed by atoms with Gasteiger partial charge in [0.15, 0.2) is 0 Å². The minimum Gasteiger partial charge on any atom is -0.398 e. The number of hydrogen-bond acceptors (Lipinski definition) is 3. The fourth-order valence-electron chi connectivity index (χ4n) is 1.87. The molecule has 2 N–H and O–H groups in total. The fraction of sp³-hybridized carbons (Fsp3) is 0.462. The van der Waals surface area contributed by atoms with Gasteiger partial charge in [-0.1, -0.05) is 18.2 Å². The Balaban J connectivity index is 2.06. The minimum atomic E-state index is -0.351. The fourth-order valence-corrected chi connectivity index (χ4v) is 1.87. The lowest BCUT2D eigenvalue weighted by molar-refractivity contribution is -0.167. The molecule has 1 aromatic rings. The average Bonchev–Trinajstić information content (AvgIpc) is 2.24. The number of hydrogen-bond donors (Lipinski definition) is 1. The van der Waals surface area contributed by atoms with Crippen LogP contribution in [0.4, 0.5) is 5.69 Å². The maximum atomic E-state index is 11.9. The summed E-state index contributed by atoms with van der Waals surface area (Å²) in [5, 5.41) is 0. The van der Waals surface area contributed by atoms with Crippen molar-refractivity contribution in [1.29, 1.82) is 0 Å². The maximum absolute atomic E-state index is 11.9. The maximum Gasteiger partial charge on any atom is 0.227 e. The van der Waals surface area contributed by atoms with Crippen molar-refractivity contribution in [3.63, 3.8) is 0 Å². The van der Waals surface area contributed by atoms with Crippen LogP contribution in [0.15, 0.2) is 24.3 Å². The van der Waals surface area contributed by atoms with Crippen LogP contribution in [0, 0.1) is 0 Å². The van der Waals surface area contributed by atoms with Crippen molar-refractivity contribution in [1.82, 2.24) is 4.90 Å². The van der Waals surface area contributed by atoms with E-state index in [4.69, 9.17) is 10.5 Å². The number of carbonyl (C=O) groups excluding carboxylic acids is 1. The van der Waals surface area contributed by atoms with E-state index in [1.54, 1.807) is 4.90 Å².